The Morgan fingerprint density at radius 2 is 1.91 bits per heavy atom. The molecule has 0 amide bonds. The molecule has 8 heteroatoms. The molecule has 0 saturated carbocycles. The average Bonchev–Trinajstić information content (AvgIpc) is 2.49. The van der Waals surface area contributed by atoms with Gasteiger partial charge in [0, 0.05) is 17.2 Å². The zero-order chi connectivity index (χ0) is 16.9. The number of halogens is 2. The van der Waals surface area contributed by atoms with E-state index < -0.39 is 10.0 Å². The first-order valence-electron chi connectivity index (χ1n) is 6.89. The highest BCUT2D eigenvalue weighted by molar-refractivity contribution is 9.11. The first-order chi connectivity index (χ1) is 10.9. The lowest BCUT2D eigenvalue weighted by Crippen LogP contribution is -2.25. The summed E-state index contributed by atoms with van der Waals surface area (Å²) < 4.78 is 33.8. The topological polar surface area (TPSA) is 68.3 Å². The van der Waals surface area contributed by atoms with Crippen molar-refractivity contribution in [2.24, 2.45) is 0 Å². The fourth-order valence-electron chi connectivity index (χ4n) is 1.76. The molecule has 2 aromatic rings. The molecule has 0 aliphatic carbocycles. The van der Waals surface area contributed by atoms with Crippen LogP contribution >= 0.6 is 31.9 Å². The van der Waals surface area contributed by atoms with Crippen LogP contribution in [0.4, 0.5) is 0 Å². The predicted molar refractivity (Wildman–Crippen MR) is 96.1 cm³/mol. The van der Waals surface area contributed by atoms with Crippen LogP contribution < -0.4 is 9.46 Å². The van der Waals surface area contributed by atoms with E-state index in [1.165, 1.54) is 0 Å². The van der Waals surface area contributed by atoms with Gasteiger partial charge in [-0.1, -0.05) is 17.7 Å². The summed E-state index contributed by atoms with van der Waals surface area (Å²) in [5.41, 5.74) is 1.02. The number of ether oxygens (including phenoxy) is 1. The number of nitrogens with zero attached hydrogens (tertiary/aromatic N) is 1. The highest BCUT2D eigenvalue weighted by Crippen LogP contribution is 2.25. The van der Waals surface area contributed by atoms with Gasteiger partial charge in [0.1, 0.15) is 0 Å². The Labute approximate surface area is 152 Å². The molecule has 124 valence electrons. The fourth-order valence-corrected chi connectivity index (χ4v) is 3.93. The third-order valence-corrected chi connectivity index (χ3v) is 5.44. The van der Waals surface area contributed by atoms with Crippen LogP contribution in [-0.4, -0.2) is 26.6 Å². The maximum Gasteiger partial charge on any atom is 0.240 e. The second-order valence-electron chi connectivity index (χ2n) is 4.85. The largest absolute Gasteiger partial charge is 0.477 e. The first-order valence-corrected chi connectivity index (χ1v) is 9.95. The number of nitrogens with one attached hydrogen (secondary N) is 1. The van der Waals surface area contributed by atoms with Crippen molar-refractivity contribution >= 4 is 41.9 Å². The van der Waals surface area contributed by atoms with Crippen LogP contribution in [0.2, 0.25) is 0 Å². The van der Waals surface area contributed by atoms with Gasteiger partial charge in [0.25, 0.3) is 0 Å². The van der Waals surface area contributed by atoms with Crippen LogP contribution in [0.15, 0.2) is 50.4 Å². The van der Waals surface area contributed by atoms with Crippen LogP contribution in [0.5, 0.6) is 5.88 Å². The van der Waals surface area contributed by atoms with Gasteiger partial charge in [0.15, 0.2) is 0 Å². The zero-order valence-corrected chi connectivity index (χ0v) is 16.4. The van der Waals surface area contributed by atoms with Crippen LogP contribution in [0.25, 0.3) is 0 Å². The molecule has 0 saturated heterocycles. The molecule has 1 aromatic heterocycles. The van der Waals surface area contributed by atoms with Crippen molar-refractivity contribution in [1.82, 2.24) is 9.71 Å². The lowest BCUT2D eigenvalue weighted by molar-refractivity contribution is 0.298. The Kier molecular flexibility index (Phi) is 6.58. The van der Waals surface area contributed by atoms with Gasteiger partial charge in [-0.3, -0.25) is 0 Å². The molecule has 0 unspecified atom stereocenters. The fraction of sp³-hybridized carbons (Fsp3) is 0.267. The molecule has 0 fully saturated rings. The average molecular weight is 464 g/mol. The summed E-state index contributed by atoms with van der Waals surface area (Å²) in [5.74, 6) is 0.481. The molecular weight excluding hydrogens is 448 g/mol. The Morgan fingerprint density at radius 1 is 1.22 bits per heavy atom. The molecule has 0 aliphatic heterocycles. The summed E-state index contributed by atoms with van der Waals surface area (Å²) in [5, 5.41) is 0. The van der Waals surface area contributed by atoms with Crippen LogP contribution in [0.3, 0.4) is 0 Å². The molecular formula is C15H16Br2N2O3S. The smallest absolute Gasteiger partial charge is 0.240 e. The van der Waals surface area contributed by atoms with Crippen molar-refractivity contribution in [3.63, 3.8) is 0 Å². The molecule has 0 bridgehead atoms. The Morgan fingerprint density at radius 3 is 2.57 bits per heavy atom. The molecule has 0 radical (unpaired) electrons. The number of aromatic nitrogens is 1. The van der Waals surface area contributed by atoms with Gasteiger partial charge in [-0.2, -0.15) is 0 Å². The maximum absolute atomic E-state index is 12.1. The summed E-state index contributed by atoms with van der Waals surface area (Å²) >= 11 is 6.67. The lowest BCUT2D eigenvalue weighted by Gasteiger charge is -2.09. The van der Waals surface area contributed by atoms with Crippen molar-refractivity contribution in [2.45, 2.75) is 18.2 Å². The van der Waals surface area contributed by atoms with E-state index in [4.69, 9.17) is 4.74 Å². The van der Waals surface area contributed by atoms with Gasteiger partial charge in [-0.25, -0.2) is 18.1 Å². The Bertz CT molecular complexity index is 765. The highest BCUT2D eigenvalue weighted by Gasteiger charge is 2.12. The number of rotatable bonds is 7. The van der Waals surface area contributed by atoms with Crippen molar-refractivity contribution in [1.29, 1.82) is 0 Å². The highest BCUT2D eigenvalue weighted by atomic mass is 79.9. The number of hydrogen-bond acceptors (Lipinski definition) is 4. The van der Waals surface area contributed by atoms with E-state index >= 15 is 0 Å². The Balaban J connectivity index is 1.79. The van der Waals surface area contributed by atoms with Crippen LogP contribution in [-0.2, 0) is 10.0 Å². The lowest BCUT2D eigenvalue weighted by atomic mass is 10.2. The zero-order valence-electron chi connectivity index (χ0n) is 12.4. The van der Waals surface area contributed by atoms with Crippen LogP contribution in [0.1, 0.15) is 12.0 Å². The monoisotopic (exact) mass is 462 g/mol. The van der Waals surface area contributed by atoms with Crippen molar-refractivity contribution < 1.29 is 13.2 Å². The minimum atomic E-state index is -3.47. The normalized spacial score (nSPS) is 11.4. The van der Waals surface area contributed by atoms with Gasteiger partial charge >= 0.3 is 0 Å². The Hall–Kier alpha value is -0.960. The summed E-state index contributed by atoms with van der Waals surface area (Å²) in [6.45, 7) is 2.57. The molecule has 1 heterocycles. The molecule has 0 spiro atoms. The maximum atomic E-state index is 12.1. The van der Waals surface area contributed by atoms with Crippen molar-refractivity contribution in [3.8, 4) is 5.88 Å². The summed E-state index contributed by atoms with van der Waals surface area (Å²) in [7, 11) is -3.47. The van der Waals surface area contributed by atoms with E-state index in [1.807, 2.05) is 13.0 Å². The van der Waals surface area contributed by atoms with Crippen molar-refractivity contribution in [2.75, 3.05) is 13.2 Å². The molecule has 1 aromatic carbocycles. The number of sulfonamides is 1. The molecule has 5 nitrogen and oxygen atoms in total. The van der Waals surface area contributed by atoms with Crippen molar-refractivity contribution in [3.05, 3.63) is 51.0 Å². The quantitative estimate of drug-likeness (QED) is 0.636. The first kappa shape index (κ1) is 18.4. The summed E-state index contributed by atoms with van der Waals surface area (Å²) in [6.07, 6.45) is 2.18. The SMILES string of the molecule is Cc1ccc(S(=O)(=O)NCCCOc2ncc(Br)cc2Br)cc1. The van der Waals surface area contributed by atoms with E-state index in [2.05, 4.69) is 41.6 Å². The second kappa shape index (κ2) is 8.23. The van der Waals surface area contributed by atoms with Gasteiger partial charge in [-0.05, 0) is 63.4 Å². The number of aryl methyl sites for hydroxylation is 1. The van der Waals surface area contributed by atoms with E-state index in [0.29, 0.717) is 25.5 Å². The van der Waals surface area contributed by atoms with E-state index in [-0.39, 0.29) is 4.90 Å². The number of hydrogen-bond donors (Lipinski definition) is 1. The van der Waals surface area contributed by atoms with Gasteiger partial charge in [-0.15, -0.1) is 0 Å². The minimum Gasteiger partial charge on any atom is -0.477 e. The van der Waals surface area contributed by atoms with Gasteiger partial charge < -0.3 is 4.74 Å². The van der Waals surface area contributed by atoms with E-state index in [9.17, 15) is 8.42 Å². The molecule has 0 atom stereocenters. The molecule has 0 aliphatic rings. The molecule has 1 N–H and O–H groups in total. The van der Waals surface area contributed by atoms with Gasteiger partial charge in [0.05, 0.1) is 16.0 Å². The molecule has 2 rings (SSSR count). The third-order valence-electron chi connectivity index (χ3n) is 2.96. The van der Waals surface area contributed by atoms with E-state index in [1.54, 1.807) is 30.5 Å². The minimum absolute atomic E-state index is 0.265. The number of pyridine rings is 1. The molecule has 23 heavy (non-hydrogen) atoms. The third kappa shape index (κ3) is 5.56. The van der Waals surface area contributed by atoms with Gasteiger partial charge in [0.2, 0.25) is 15.9 Å². The standard InChI is InChI=1S/C15H16Br2N2O3S/c1-11-3-5-13(6-4-11)23(20,21)19-7-2-8-22-15-14(17)9-12(16)10-18-15/h3-6,9-10,19H,2,7-8H2,1H3. The summed E-state index contributed by atoms with van der Waals surface area (Å²) in [4.78, 5) is 4.39. The number of benzene rings is 1. The van der Waals surface area contributed by atoms with Crippen LogP contribution in [0, 0.1) is 6.92 Å². The summed E-state index contributed by atoms with van der Waals surface area (Å²) in [6, 6.07) is 8.57. The predicted octanol–water partition coefficient (Wildman–Crippen LogP) is 3.66. The second-order valence-corrected chi connectivity index (χ2v) is 8.39. The van der Waals surface area contributed by atoms with E-state index in [0.717, 1.165) is 14.5 Å².